The van der Waals surface area contributed by atoms with Gasteiger partial charge in [0.1, 0.15) is 17.4 Å². The van der Waals surface area contributed by atoms with Gasteiger partial charge in [0.05, 0.1) is 6.54 Å². The van der Waals surface area contributed by atoms with Gasteiger partial charge in [0.15, 0.2) is 11.8 Å². The van der Waals surface area contributed by atoms with Gasteiger partial charge in [-0.05, 0) is 26.7 Å². The quantitative estimate of drug-likeness (QED) is 0.384. The number of nitrogens with zero attached hydrogens (tertiary/aromatic N) is 5. The zero-order valence-corrected chi connectivity index (χ0v) is 18.8. The van der Waals surface area contributed by atoms with Crippen molar-refractivity contribution in [3.63, 3.8) is 0 Å². The van der Waals surface area contributed by atoms with Crippen molar-refractivity contribution in [3.8, 4) is 0 Å². The molecule has 9 heteroatoms. The minimum atomic E-state index is 0. The Kier molecular flexibility index (Phi) is 8.26. The molecule has 2 aromatic rings. The molecule has 1 fully saturated rings. The van der Waals surface area contributed by atoms with Crippen molar-refractivity contribution < 1.29 is 0 Å². The number of hydrogen-bond acceptors (Lipinski definition) is 5. The molecule has 26 heavy (non-hydrogen) atoms. The third-order valence-corrected chi connectivity index (χ3v) is 5.50. The van der Waals surface area contributed by atoms with Crippen LogP contribution in [-0.4, -0.2) is 31.7 Å². The Hall–Kier alpha value is -1.23. The molecule has 0 atom stereocenters. The number of aromatic nitrogens is 4. The zero-order chi connectivity index (χ0) is 17.6. The highest BCUT2D eigenvalue weighted by molar-refractivity contribution is 14.0. The van der Waals surface area contributed by atoms with Crippen LogP contribution >= 0.6 is 35.3 Å². The molecule has 1 saturated carbocycles. The molecule has 3 rings (SSSR count). The van der Waals surface area contributed by atoms with Crippen molar-refractivity contribution in [2.24, 2.45) is 12.0 Å². The van der Waals surface area contributed by atoms with Crippen LogP contribution in [0.2, 0.25) is 0 Å². The summed E-state index contributed by atoms with van der Waals surface area (Å²) in [5.74, 6) is 2.60. The standard InChI is InChI=1S/C17H27N7S.HI/c1-12-9-18-16(25-12)11-20-17(21-14-7-5-4-6-8-14)19-10-15-23-22-13(2)24(15)3;/h9,14H,4-8,10-11H2,1-3H3,(H2,19,20,21);1H. The third kappa shape index (κ3) is 5.90. The number of nitrogens with one attached hydrogen (secondary N) is 2. The average molecular weight is 489 g/mol. The zero-order valence-electron chi connectivity index (χ0n) is 15.7. The van der Waals surface area contributed by atoms with Crippen molar-refractivity contribution in [1.82, 2.24) is 30.4 Å². The van der Waals surface area contributed by atoms with Crippen molar-refractivity contribution in [3.05, 3.63) is 27.7 Å². The number of hydrogen-bond donors (Lipinski definition) is 2. The summed E-state index contributed by atoms with van der Waals surface area (Å²) in [6, 6.07) is 0.499. The molecule has 144 valence electrons. The van der Waals surface area contributed by atoms with E-state index in [1.54, 1.807) is 11.3 Å². The Labute approximate surface area is 176 Å². The van der Waals surface area contributed by atoms with Gasteiger partial charge in [-0.1, -0.05) is 19.3 Å². The Morgan fingerprint density at radius 1 is 1.27 bits per heavy atom. The van der Waals surface area contributed by atoms with E-state index in [2.05, 4.69) is 32.7 Å². The summed E-state index contributed by atoms with van der Waals surface area (Å²) in [5, 5.41) is 16.4. The molecular formula is C17H28IN7S. The highest BCUT2D eigenvalue weighted by Crippen LogP contribution is 2.17. The fraction of sp³-hybridized carbons (Fsp3) is 0.647. The largest absolute Gasteiger partial charge is 0.354 e. The van der Waals surface area contributed by atoms with Gasteiger partial charge in [0.2, 0.25) is 0 Å². The van der Waals surface area contributed by atoms with E-state index in [-0.39, 0.29) is 24.0 Å². The Morgan fingerprint density at radius 2 is 2.04 bits per heavy atom. The van der Waals surface area contributed by atoms with Crippen LogP contribution in [0, 0.1) is 13.8 Å². The van der Waals surface area contributed by atoms with Gasteiger partial charge in [0, 0.05) is 24.2 Å². The summed E-state index contributed by atoms with van der Waals surface area (Å²) in [6.07, 6.45) is 8.25. The summed E-state index contributed by atoms with van der Waals surface area (Å²) in [4.78, 5) is 10.4. The van der Waals surface area contributed by atoms with Crippen molar-refractivity contribution >= 4 is 41.3 Å². The lowest BCUT2D eigenvalue weighted by Crippen LogP contribution is -2.44. The second-order valence-electron chi connectivity index (χ2n) is 6.58. The smallest absolute Gasteiger partial charge is 0.192 e. The van der Waals surface area contributed by atoms with Crippen molar-refractivity contribution in [1.29, 1.82) is 0 Å². The van der Waals surface area contributed by atoms with Crippen LogP contribution in [0.15, 0.2) is 11.2 Å². The molecule has 0 spiro atoms. The topological polar surface area (TPSA) is 80.0 Å². The van der Waals surface area contributed by atoms with E-state index in [4.69, 9.17) is 4.99 Å². The van der Waals surface area contributed by atoms with Gasteiger partial charge in [-0.15, -0.1) is 45.5 Å². The van der Waals surface area contributed by atoms with Crippen molar-refractivity contribution in [2.45, 2.75) is 65.1 Å². The maximum Gasteiger partial charge on any atom is 0.192 e. The maximum absolute atomic E-state index is 4.73. The van der Waals surface area contributed by atoms with Crippen molar-refractivity contribution in [2.75, 3.05) is 0 Å². The highest BCUT2D eigenvalue weighted by atomic mass is 127. The van der Waals surface area contributed by atoms with Gasteiger partial charge in [0.25, 0.3) is 0 Å². The minimum Gasteiger partial charge on any atom is -0.354 e. The normalized spacial score (nSPS) is 15.6. The monoisotopic (exact) mass is 489 g/mol. The summed E-state index contributed by atoms with van der Waals surface area (Å²) in [5.41, 5.74) is 0. The predicted molar refractivity (Wildman–Crippen MR) is 116 cm³/mol. The SMILES string of the molecule is Cc1cnc(CNC(=NCc2nnc(C)n2C)NC2CCCCC2)s1.I. The second kappa shape index (κ2) is 10.2. The molecular weight excluding hydrogens is 461 g/mol. The Bertz CT molecular complexity index is 719. The molecule has 0 unspecified atom stereocenters. The van der Waals surface area contributed by atoms with E-state index >= 15 is 0 Å². The first-order valence-electron chi connectivity index (χ1n) is 8.93. The first-order valence-corrected chi connectivity index (χ1v) is 9.74. The summed E-state index contributed by atoms with van der Waals surface area (Å²) < 4.78 is 1.98. The number of rotatable bonds is 5. The molecule has 0 aromatic carbocycles. The number of thiazole rings is 1. The molecule has 2 aromatic heterocycles. The third-order valence-electron chi connectivity index (χ3n) is 4.58. The van der Waals surface area contributed by atoms with E-state index in [0.29, 0.717) is 19.1 Å². The van der Waals surface area contributed by atoms with Gasteiger partial charge >= 0.3 is 0 Å². The lowest BCUT2D eigenvalue weighted by atomic mass is 9.96. The minimum absolute atomic E-state index is 0. The molecule has 0 aliphatic heterocycles. The van der Waals surface area contributed by atoms with E-state index in [1.165, 1.54) is 37.0 Å². The predicted octanol–water partition coefficient (Wildman–Crippen LogP) is 3.07. The van der Waals surface area contributed by atoms with Crippen LogP contribution in [0.3, 0.4) is 0 Å². The first-order chi connectivity index (χ1) is 12.1. The molecule has 1 aliphatic carbocycles. The van der Waals surface area contributed by atoms with E-state index < -0.39 is 0 Å². The van der Waals surface area contributed by atoms with Crippen LogP contribution in [0.5, 0.6) is 0 Å². The first kappa shape index (κ1) is 21.1. The lowest BCUT2D eigenvalue weighted by Gasteiger charge is -2.25. The number of halogens is 1. The Morgan fingerprint density at radius 3 is 2.65 bits per heavy atom. The fourth-order valence-electron chi connectivity index (χ4n) is 2.97. The van der Waals surface area contributed by atoms with Crippen LogP contribution in [-0.2, 0) is 20.1 Å². The Balaban J connectivity index is 0.00000243. The van der Waals surface area contributed by atoms with Gasteiger partial charge in [-0.25, -0.2) is 9.98 Å². The molecule has 7 nitrogen and oxygen atoms in total. The average Bonchev–Trinajstić information content (AvgIpc) is 3.18. The van der Waals surface area contributed by atoms with Gasteiger partial charge < -0.3 is 15.2 Å². The molecule has 0 radical (unpaired) electrons. The molecule has 1 aliphatic rings. The number of aryl methyl sites for hydroxylation is 2. The molecule has 0 bridgehead atoms. The second-order valence-corrected chi connectivity index (χ2v) is 7.90. The van der Waals surface area contributed by atoms with E-state index in [9.17, 15) is 0 Å². The van der Waals surface area contributed by atoms with Crippen LogP contribution < -0.4 is 10.6 Å². The van der Waals surface area contributed by atoms with E-state index in [0.717, 1.165) is 22.6 Å². The van der Waals surface area contributed by atoms with Crippen LogP contribution in [0.1, 0.15) is 53.6 Å². The van der Waals surface area contributed by atoms with Crippen LogP contribution in [0.4, 0.5) is 0 Å². The highest BCUT2D eigenvalue weighted by Gasteiger charge is 2.15. The number of guanidine groups is 1. The lowest BCUT2D eigenvalue weighted by molar-refractivity contribution is 0.409. The molecule has 2 heterocycles. The van der Waals surface area contributed by atoms with Crippen LogP contribution in [0.25, 0.3) is 0 Å². The summed E-state index contributed by atoms with van der Waals surface area (Å²) in [7, 11) is 1.97. The molecule has 0 saturated heterocycles. The fourth-order valence-corrected chi connectivity index (χ4v) is 3.70. The molecule has 2 N–H and O–H groups in total. The van der Waals surface area contributed by atoms with Gasteiger partial charge in [-0.2, -0.15) is 0 Å². The molecule has 0 amide bonds. The van der Waals surface area contributed by atoms with E-state index in [1.807, 2.05) is 24.7 Å². The maximum atomic E-state index is 4.73. The summed E-state index contributed by atoms with van der Waals surface area (Å²) >= 11 is 1.71. The van der Waals surface area contributed by atoms with Gasteiger partial charge in [-0.3, -0.25) is 0 Å². The number of aliphatic imine (C=N–C) groups is 1. The summed E-state index contributed by atoms with van der Waals surface area (Å²) in [6.45, 7) is 5.22.